The highest BCUT2D eigenvalue weighted by atomic mass is 79.9. The lowest BCUT2D eigenvalue weighted by Gasteiger charge is -2.06. The zero-order valence-corrected chi connectivity index (χ0v) is 14.0. The fraction of sp³-hybridized carbons (Fsp3) is 0.588. The molecule has 2 nitrogen and oxygen atoms in total. The zero-order chi connectivity index (χ0) is 14.2. The van der Waals surface area contributed by atoms with Gasteiger partial charge in [0.25, 0.3) is 0 Å². The van der Waals surface area contributed by atoms with Crippen molar-refractivity contribution < 1.29 is 0 Å². The molecular weight excluding hydrogens is 312 g/mol. The Morgan fingerprint density at radius 3 is 2.35 bits per heavy atom. The van der Waals surface area contributed by atoms with Gasteiger partial charge in [-0.1, -0.05) is 60.2 Å². The van der Waals surface area contributed by atoms with Crippen molar-refractivity contribution in [2.45, 2.75) is 58.4 Å². The van der Waals surface area contributed by atoms with Crippen LogP contribution in [0.5, 0.6) is 0 Å². The van der Waals surface area contributed by atoms with Gasteiger partial charge in [0.2, 0.25) is 0 Å². The average molecular weight is 337 g/mol. The number of benzene rings is 1. The third-order valence-corrected chi connectivity index (χ3v) is 4.42. The summed E-state index contributed by atoms with van der Waals surface area (Å²) in [4.78, 5) is 4.62. The quantitative estimate of drug-likeness (QED) is 0.438. The van der Waals surface area contributed by atoms with Gasteiger partial charge in [-0.2, -0.15) is 0 Å². The number of para-hydroxylation sites is 2. The Balaban J connectivity index is 1.72. The van der Waals surface area contributed by atoms with E-state index < -0.39 is 0 Å². The Hall–Kier alpha value is -0.830. The molecule has 1 aromatic carbocycles. The van der Waals surface area contributed by atoms with E-state index in [1.165, 1.54) is 50.5 Å². The SMILES string of the molecule is Cc1nc2ccccc2n1CCCCCCCCCBr. The molecule has 0 radical (unpaired) electrons. The minimum atomic E-state index is 1.10. The Bertz CT molecular complexity index is 519. The second kappa shape index (κ2) is 8.46. The van der Waals surface area contributed by atoms with Crippen LogP contribution in [0.3, 0.4) is 0 Å². The average Bonchev–Trinajstić information content (AvgIpc) is 2.78. The molecule has 0 bridgehead atoms. The first-order valence-electron chi connectivity index (χ1n) is 7.81. The molecule has 1 aromatic heterocycles. The summed E-state index contributed by atoms with van der Waals surface area (Å²) in [5.41, 5.74) is 2.40. The van der Waals surface area contributed by atoms with Crippen molar-refractivity contribution in [3.8, 4) is 0 Å². The highest BCUT2D eigenvalue weighted by Gasteiger charge is 2.05. The summed E-state index contributed by atoms with van der Waals surface area (Å²) in [6.45, 7) is 3.22. The molecule has 3 heteroatoms. The normalized spacial score (nSPS) is 11.3. The number of rotatable bonds is 9. The number of alkyl halides is 1. The van der Waals surface area contributed by atoms with Crippen LogP contribution in [0, 0.1) is 6.92 Å². The van der Waals surface area contributed by atoms with Crippen molar-refractivity contribution in [2.24, 2.45) is 0 Å². The molecule has 2 rings (SSSR count). The second-order valence-electron chi connectivity index (χ2n) is 5.46. The maximum Gasteiger partial charge on any atom is 0.106 e. The number of unbranched alkanes of at least 4 members (excludes halogenated alkanes) is 6. The van der Waals surface area contributed by atoms with Crippen LogP contribution in [0.4, 0.5) is 0 Å². The van der Waals surface area contributed by atoms with Crippen molar-refractivity contribution in [3.63, 3.8) is 0 Å². The van der Waals surface area contributed by atoms with E-state index in [-0.39, 0.29) is 0 Å². The Labute approximate surface area is 130 Å². The van der Waals surface area contributed by atoms with E-state index in [2.05, 4.69) is 56.7 Å². The van der Waals surface area contributed by atoms with Crippen LogP contribution in [-0.4, -0.2) is 14.9 Å². The molecule has 0 aliphatic carbocycles. The van der Waals surface area contributed by atoms with Crippen molar-refractivity contribution in [1.29, 1.82) is 0 Å². The lowest BCUT2D eigenvalue weighted by Crippen LogP contribution is -2.00. The van der Waals surface area contributed by atoms with Gasteiger partial charge in [0.15, 0.2) is 0 Å². The molecule has 110 valence electrons. The number of fused-ring (bicyclic) bond motifs is 1. The summed E-state index contributed by atoms with van der Waals surface area (Å²) in [5.74, 6) is 1.14. The summed E-state index contributed by atoms with van der Waals surface area (Å²) in [7, 11) is 0. The van der Waals surface area contributed by atoms with Crippen molar-refractivity contribution in [1.82, 2.24) is 9.55 Å². The van der Waals surface area contributed by atoms with Crippen LogP contribution in [0.25, 0.3) is 11.0 Å². The minimum absolute atomic E-state index is 1.10. The number of hydrogen-bond acceptors (Lipinski definition) is 1. The van der Waals surface area contributed by atoms with E-state index >= 15 is 0 Å². The van der Waals surface area contributed by atoms with E-state index in [1.807, 2.05) is 0 Å². The first kappa shape index (κ1) is 15.6. The van der Waals surface area contributed by atoms with Gasteiger partial charge in [-0.15, -0.1) is 0 Å². The van der Waals surface area contributed by atoms with E-state index in [1.54, 1.807) is 0 Å². The van der Waals surface area contributed by atoms with E-state index in [0.29, 0.717) is 0 Å². The molecule has 0 saturated carbocycles. The van der Waals surface area contributed by atoms with Crippen LogP contribution in [0.2, 0.25) is 0 Å². The van der Waals surface area contributed by atoms with Gasteiger partial charge in [0.1, 0.15) is 5.82 Å². The van der Waals surface area contributed by atoms with Crippen LogP contribution < -0.4 is 0 Å². The fourth-order valence-corrected chi connectivity index (χ4v) is 3.12. The smallest absolute Gasteiger partial charge is 0.106 e. The summed E-state index contributed by atoms with van der Waals surface area (Å²) in [5, 5.41) is 1.15. The lowest BCUT2D eigenvalue weighted by molar-refractivity contribution is 0.551. The summed E-state index contributed by atoms with van der Waals surface area (Å²) < 4.78 is 2.36. The van der Waals surface area contributed by atoms with E-state index in [4.69, 9.17) is 0 Å². The summed E-state index contributed by atoms with van der Waals surface area (Å²) in [6, 6.07) is 8.44. The van der Waals surface area contributed by atoms with Gasteiger partial charge in [0, 0.05) is 11.9 Å². The van der Waals surface area contributed by atoms with Crippen molar-refractivity contribution >= 4 is 27.0 Å². The van der Waals surface area contributed by atoms with Crippen molar-refractivity contribution in [3.05, 3.63) is 30.1 Å². The molecule has 1 heterocycles. The molecule has 20 heavy (non-hydrogen) atoms. The Morgan fingerprint density at radius 2 is 1.60 bits per heavy atom. The number of halogens is 1. The molecule has 0 amide bonds. The number of hydrogen-bond donors (Lipinski definition) is 0. The van der Waals surface area contributed by atoms with Crippen LogP contribution in [0.1, 0.15) is 50.8 Å². The van der Waals surface area contributed by atoms with E-state index in [0.717, 1.165) is 23.2 Å². The molecule has 0 saturated heterocycles. The monoisotopic (exact) mass is 336 g/mol. The predicted molar refractivity (Wildman–Crippen MR) is 90.6 cm³/mol. The highest BCUT2D eigenvalue weighted by Crippen LogP contribution is 2.17. The molecule has 0 N–H and O–H groups in total. The molecule has 0 fully saturated rings. The summed E-state index contributed by atoms with van der Waals surface area (Å²) in [6.07, 6.45) is 9.43. The largest absolute Gasteiger partial charge is 0.328 e. The van der Waals surface area contributed by atoms with Gasteiger partial charge >= 0.3 is 0 Å². The highest BCUT2D eigenvalue weighted by molar-refractivity contribution is 9.09. The third-order valence-electron chi connectivity index (χ3n) is 3.86. The van der Waals surface area contributed by atoms with Crippen molar-refractivity contribution in [2.75, 3.05) is 5.33 Å². The van der Waals surface area contributed by atoms with Gasteiger partial charge < -0.3 is 4.57 Å². The molecule has 0 atom stereocenters. The van der Waals surface area contributed by atoms with Gasteiger partial charge in [-0.3, -0.25) is 0 Å². The standard InChI is InChI=1S/C17H25BrN2/c1-15-19-16-11-7-8-12-17(16)20(15)14-10-6-4-2-3-5-9-13-18/h7-8,11-12H,2-6,9-10,13-14H2,1H3. The maximum atomic E-state index is 4.62. The predicted octanol–water partition coefficient (Wildman–Crippen LogP) is 5.47. The van der Waals surface area contributed by atoms with Gasteiger partial charge in [0.05, 0.1) is 11.0 Å². The number of nitrogens with zero attached hydrogens (tertiary/aromatic N) is 2. The topological polar surface area (TPSA) is 17.8 Å². The first-order valence-corrected chi connectivity index (χ1v) is 8.93. The number of imidazole rings is 1. The van der Waals surface area contributed by atoms with Gasteiger partial charge in [-0.05, 0) is 31.9 Å². The summed E-state index contributed by atoms with van der Waals surface area (Å²) >= 11 is 3.48. The molecule has 0 aliphatic heterocycles. The zero-order valence-electron chi connectivity index (χ0n) is 12.4. The molecular formula is C17H25BrN2. The first-order chi connectivity index (χ1) is 9.83. The van der Waals surface area contributed by atoms with E-state index in [9.17, 15) is 0 Å². The number of aromatic nitrogens is 2. The minimum Gasteiger partial charge on any atom is -0.328 e. The van der Waals surface area contributed by atoms with Crippen LogP contribution in [-0.2, 0) is 6.54 Å². The third kappa shape index (κ3) is 4.34. The molecule has 0 spiro atoms. The van der Waals surface area contributed by atoms with Crippen LogP contribution >= 0.6 is 15.9 Å². The molecule has 2 aromatic rings. The number of aryl methyl sites for hydroxylation is 2. The molecule has 0 unspecified atom stereocenters. The Morgan fingerprint density at radius 1 is 0.950 bits per heavy atom. The maximum absolute atomic E-state index is 4.62. The molecule has 0 aliphatic rings. The van der Waals surface area contributed by atoms with Gasteiger partial charge in [-0.25, -0.2) is 4.98 Å². The fourth-order valence-electron chi connectivity index (χ4n) is 2.73. The Kier molecular flexibility index (Phi) is 6.58. The van der Waals surface area contributed by atoms with Crippen LogP contribution in [0.15, 0.2) is 24.3 Å². The second-order valence-corrected chi connectivity index (χ2v) is 6.26. The lowest BCUT2D eigenvalue weighted by atomic mass is 10.1.